The number of nitrogens with two attached hydrogens (primary N) is 1. The Morgan fingerprint density at radius 1 is 1.67 bits per heavy atom. The lowest BCUT2D eigenvalue weighted by Crippen LogP contribution is -2.21. The molecule has 0 aliphatic carbocycles. The number of nitrogens with zero attached hydrogens (tertiary/aromatic N) is 2. The highest BCUT2D eigenvalue weighted by Gasteiger charge is 2.15. The third kappa shape index (κ3) is 2.43. The maximum atomic E-state index is 11.2. The smallest absolute Gasteiger partial charge is 0.277 e. The molecule has 1 aromatic rings. The zero-order valence-corrected chi connectivity index (χ0v) is 8.56. The summed E-state index contributed by atoms with van der Waals surface area (Å²) in [4.78, 5) is 15.0. The van der Waals surface area contributed by atoms with Crippen LogP contribution in [0.1, 0.15) is 12.0 Å². The second-order valence-corrected chi connectivity index (χ2v) is 3.83. The zero-order chi connectivity index (χ0) is 10.7. The van der Waals surface area contributed by atoms with Gasteiger partial charge >= 0.3 is 0 Å². The molecule has 15 heavy (non-hydrogen) atoms. The van der Waals surface area contributed by atoms with Crippen molar-refractivity contribution >= 4 is 0 Å². The fourth-order valence-corrected chi connectivity index (χ4v) is 1.76. The molecular weight excluding hydrogens is 194 g/mol. The average molecular weight is 209 g/mol. The van der Waals surface area contributed by atoms with Crippen molar-refractivity contribution < 1.29 is 4.74 Å². The lowest BCUT2D eigenvalue weighted by atomic mass is 10.1. The van der Waals surface area contributed by atoms with Gasteiger partial charge in [-0.3, -0.25) is 4.79 Å². The van der Waals surface area contributed by atoms with Crippen LogP contribution in [0.5, 0.6) is 0 Å². The van der Waals surface area contributed by atoms with Crippen molar-refractivity contribution in [3.8, 4) is 0 Å². The molecule has 1 fully saturated rings. The first-order valence-corrected chi connectivity index (χ1v) is 5.12. The number of rotatable bonds is 3. The van der Waals surface area contributed by atoms with E-state index in [0.717, 1.165) is 26.2 Å². The zero-order valence-electron chi connectivity index (χ0n) is 8.56. The topological polar surface area (TPSA) is 70.1 Å². The van der Waals surface area contributed by atoms with Gasteiger partial charge < -0.3 is 15.0 Å². The molecule has 5 heteroatoms. The van der Waals surface area contributed by atoms with Gasteiger partial charge in [-0.1, -0.05) is 0 Å². The highest BCUT2D eigenvalue weighted by Crippen LogP contribution is 2.14. The average Bonchev–Trinajstić information content (AvgIpc) is 2.73. The summed E-state index contributed by atoms with van der Waals surface area (Å²) in [6.07, 6.45) is 4.43. The summed E-state index contributed by atoms with van der Waals surface area (Å²) in [5.74, 6) is 0.528. The highest BCUT2D eigenvalue weighted by atomic mass is 16.5. The van der Waals surface area contributed by atoms with Crippen molar-refractivity contribution in [2.24, 2.45) is 11.7 Å². The van der Waals surface area contributed by atoms with Crippen LogP contribution >= 0.6 is 0 Å². The largest absolute Gasteiger partial charge is 0.381 e. The standard InChI is InChI=1S/C10H15N3O2/c11-3-9-5-13(7-12-10(9)14)4-8-1-2-15-6-8/h5,7-8H,1-4,6,11H2. The Morgan fingerprint density at radius 3 is 3.20 bits per heavy atom. The molecule has 1 aliphatic heterocycles. The minimum atomic E-state index is -0.226. The molecule has 5 nitrogen and oxygen atoms in total. The normalized spacial score (nSPS) is 20.7. The predicted octanol–water partition coefficient (Wildman–Crippen LogP) is -0.262. The summed E-state index contributed by atoms with van der Waals surface area (Å²) < 4.78 is 7.21. The van der Waals surface area contributed by atoms with Crippen molar-refractivity contribution in [3.63, 3.8) is 0 Å². The molecule has 1 unspecified atom stereocenters. The lowest BCUT2D eigenvalue weighted by molar-refractivity contribution is 0.182. The molecule has 1 saturated heterocycles. The molecule has 0 saturated carbocycles. The van der Waals surface area contributed by atoms with E-state index in [9.17, 15) is 4.79 Å². The molecule has 0 radical (unpaired) electrons. The minimum Gasteiger partial charge on any atom is -0.381 e. The maximum absolute atomic E-state index is 11.2. The highest BCUT2D eigenvalue weighted by molar-refractivity contribution is 5.03. The molecule has 0 bridgehead atoms. The van der Waals surface area contributed by atoms with Gasteiger partial charge in [-0.2, -0.15) is 4.98 Å². The molecule has 82 valence electrons. The fraction of sp³-hybridized carbons (Fsp3) is 0.600. The third-order valence-corrected chi connectivity index (χ3v) is 2.63. The molecule has 0 spiro atoms. The number of hydrogen-bond donors (Lipinski definition) is 1. The van der Waals surface area contributed by atoms with E-state index in [1.165, 1.54) is 0 Å². The van der Waals surface area contributed by atoms with E-state index in [2.05, 4.69) is 4.98 Å². The second kappa shape index (κ2) is 4.55. The molecule has 2 heterocycles. The Labute approximate surface area is 87.9 Å². The molecule has 2 N–H and O–H groups in total. The van der Waals surface area contributed by atoms with Crippen LogP contribution in [0, 0.1) is 5.92 Å². The summed E-state index contributed by atoms with van der Waals surface area (Å²) >= 11 is 0. The Kier molecular flexibility index (Phi) is 3.13. The van der Waals surface area contributed by atoms with E-state index < -0.39 is 0 Å². The Morgan fingerprint density at radius 2 is 2.53 bits per heavy atom. The summed E-state index contributed by atoms with van der Waals surface area (Å²) in [6, 6.07) is 0. The number of aromatic nitrogens is 2. The first-order valence-electron chi connectivity index (χ1n) is 5.12. The van der Waals surface area contributed by atoms with Crippen molar-refractivity contribution in [2.75, 3.05) is 13.2 Å². The van der Waals surface area contributed by atoms with Gasteiger partial charge in [0, 0.05) is 37.4 Å². The van der Waals surface area contributed by atoms with E-state index in [0.29, 0.717) is 11.5 Å². The lowest BCUT2D eigenvalue weighted by Gasteiger charge is -2.11. The van der Waals surface area contributed by atoms with E-state index in [1.54, 1.807) is 12.5 Å². The van der Waals surface area contributed by atoms with Gasteiger partial charge in [0.25, 0.3) is 5.56 Å². The monoisotopic (exact) mass is 209 g/mol. The Hall–Kier alpha value is -1.20. The van der Waals surface area contributed by atoms with Crippen LogP contribution in [-0.2, 0) is 17.8 Å². The van der Waals surface area contributed by atoms with Gasteiger partial charge in [0.05, 0.1) is 12.9 Å². The molecule has 0 aromatic carbocycles. The van der Waals surface area contributed by atoms with E-state index >= 15 is 0 Å². The summed E-state index contributed by atoms with van der Waals surface area (Å²) in [6.45, 7) is 2.72. The van der Waals surface area contributed by atoms with Gasteiger partial charge in [0.15, 0.2) is 0 Å². The minimum absolute atomic E-state index is 0.226. The fourth-order valence-electron chi connectivity index (χ4n) is 1.76. The summed E-state index contributed by atoms with van der Waals surface area (Å²) in [7, 11) is 0. The SMILES string of the molecule is NCc1cn(CC2CCOC2)cnc1=O. The van der Waals surface area contributed by atoms with Crippen LogP contribution in [0.3, 0.4) is 0 Å². The van der Waals surface area contributed by atoms with E-state index in [-0.39, 0.29) is 12.1 Å². The van der Waals surface area contributed by atoms with Crippen molar-refractivity contribution in [3.05, 3.63) is 28.4 Å². The van der Waals surface area contributed by atoms with Crippen LogP contribution in [0.4, 0.5) is 0 Å². The van der Waals surface area contributed by atoms with Crippen LogP contribution in [0.2, 0.25) is 0 Å². The molecule has 0 amide bonds. The van der Waals surface area contributed by atoms with Crippen molar-refractivity contribution in [2.45, 2.75) is 19.5 Å². The number of ether oxygens (including phenoxy) is 1. The molecule has 1 atom stereocenters. The molecule has 1 aromatic heterocycles. The summed E-state index contributed by atoms with van der Waals surface area (Å²) in [5.41, 5.74) is 5.79. The van der Waals surface area contributed by atoms with Crippen LogP contribution in [-0.4, -0.2) is 22.8 Å². The first-order chi connectivity index (χ1) is 7.29. The van der Waals surface area contributed by atoms with Gasteiger partial charge in [0.1, 0.15) is 0 Å². The van der Waals surface area contributed by atoms with E-state index in [4.69, 9.17) is 10.5 Å². The van der Waals surface area contributed by atoms with Crippen LogP contribution in [0.25, 0.3) is 0 Å². The van der Waals surface area contributed by atoms with Crippen molar-refractivity contribution in [1.29, 1.82) is 0 Å². The molecular formula is C10H15N3O2. The molecule has 2 rings (SSSR count). The van der Waals surface area contributed by atoms with Gasteiger partial charge in [-0.25, -0.2) is 0 Å². The predicted molar refractivity (Wildman–Crippen MR) is 55.3 cm³/mol. The second-order valence-electron chi connectivity index (χ2n) is 3.83. The molecule has 1 aliphatic rings. The number of hydrogen-bond acceptors (Lipinski definition) is 4. The quantitative estimate of drug-likeness (QED) is 0.744. The third-order valence-electron chi connectivity index (χ3n) is 2.63. The van der Waals surface area contributed by atoms with Gasteiger partial charge in [-0.05, 0) is 6.42 Å². The van der Waals surface area contributed by atoms with Gasteiger partial charge in [-0.15, -0.1) is 0 Å². The van der Waals surface area contributed by atoms with Crippen LogP contribution in [0.15, 0.2) is 17.3 Å². The Bertz CT molecular complexity index is 382. The van der Waals surface area contributed by atoms with Crippen molar-refractivity contribution in [1.82, 2.24) is 9.55 Å². The van der Waals surface area contributed by atoms with E-state index in [1.807, 2.05) is 4.57 Å². The maximum Gasteiger partial charge on any atom is 0.277 e. The first kappa shape index (κ1) is 10.3. The van der Waals surface area contributed by atoms with Gasteiger partial charge in [0.2, 0.25) is 0 Å². The van der Waals surface area contributed by atoms with Crippen LogP contribution < -0.4 is 11.3 Å². The summed E-state index contributed by atoms with van der Waals surface area (Å²) in [5, 5.41) is 0. The Balaban J connectivity index is 2.11.